The van der Waals surface area contributed by atoms with Gasteiger partial charge in [-0.2, -0.15) is 0 Å². The van der Waals surface area contributed by atoms with Crippen molar-refractivity contribution in [1.82, 2.24) is 0 Å². The van der Waals surface area contributed by atoms with Crippen molar-refractivity contribution in [2.75, 3.05) is 5.75 Å². The van der Waals surface area contributed by atoms with Crippen LogP contribution in [-0.4, -0.2) is 17.8 Å². The molecule has 2 nitrogen and oxygen atoms in total. The standard InChI is InChI=1S/C11H12F2O2S/c1-7(2)15-11(14)6-16-8-3-4-9(12)10(13)5-8/h3-5,7H,6H2,1-2H3. The third-order valence-corrected chi connectivity index (χ3v) is 2.58. The van der Waals surface area contributed by atoms with Gasteiger partial charge in [0.05, 0.1) is 11.9 Å². The molecule has 1 aromatic rings. The van der Waals surface area contributed by atoms with E-state index in [1.165, 1.54) is 6.07 Å². The predicted molar refractivity (Wildman–Crippen MR) is 58.3 cm³/mol. The number of carbonyl (C=O) groups excluding carboxylic acids is 1. The van der Waals surface area contributed by atoms with Crippen LogP contribution in [0.4, 0.5) is 8.78 Å². The maximum Gasteiger partial charge on any atom is 0.316 e. The summed E-state index contributed by atoms with van der Waals surface area (Å²) in [6.07, 6.45) is -0.168. The van der Waals surface area contributed by atoms with E-state index in [1.807, 2.05) is 0 Å². The molecule has 0 aromatic heterocycles. The number of halogens is 2. The third kappa shape index (κ3) is 4.18. The Labute approximate surface area is 97.0 Å². The Morgan fingerprint density at radius 3 is 2.62 bits per heavy atom. The van der Waals surface area contributed by atoms with Gasteiger partial charge in [-0.25, -0.2) is 8.78 Å². The first-order valence-corrected chi connectivity index (χ1v) is 5.75. The fourth-order valence-corrected chi connectivity index (χ4v) is 1.71. The van der Waals surface area contributed by atoms with E-state index in [-0.39, 0.29) is 17.8 Å². The van der Waals surface area contributed by atoms with Crippen LogP contribution in [0.15, 0.2) is 23.1 Å². The maximum absolute atomic E-state index is 12.8. The SMILES string of the molecule is CC(C)OC(=O)CSc1ccc(F)c(F)c1. The molecular formula is C11H12F2O2S. The van der Waals surface area contributed by atoms with Crippen molar-refractivity contribution in [3.8, 4) is 0 Å². The van der Waals surface area contributed by atoms with Crippen molar-refractivity contribution in [2.45, 2.75) is 24.8 Å². The van der Waals surface area contributed by atoms with Gasteiger partial charge >= 0.3 is 5.97 Å². The highest BCUT2D eigenvalue weighted by atomic mass is 32.2. The maximum atomic E-state index is 12.8. The second-order valence-electron chi connectivity index (χ2n) is 3.40. The molecule has 0 unspecified atom stereocenters. The van der Waals surface area contributed by atoms with E-state index < -0.39 is 11.6 Å². The summed E-state index contributed by atoms with van der Waals surface area (Å²) in [6, 6.07) is 3.51. The van der Waals surface area contributed by atoms with Gasteiger partial charge in [-0.05, 0) is 32.0 Å². The third-order valence-electron chi connectivity index (χ3n) is 1.61. The summed E-state index contributed by atoms with van der Waals surface area (Å²) in [5, 5.41) is 0. The second kappa shape index (κ2) is 5.84. The zero-order valence-corrected chi connectivity index (χ0v) is 9.81. The summed E-state index contributed by atoms with van der Waals surface area (Å²) < 4.78 is 30.3. The van der Waals surface area contributed by atoms with Crippen LogP contribution in [-0.2, 0) is 9.53 Å². The Kier molecular flexibility index (Phi) is 4.73. The summed E-state index contributed by atoms with van der Waals surface area (Å²) in [5.74, 6) is -2.09. The first-order valence-electron chi connectivity index (χ1n) is 4.76. The number of carbonyl (C=O) groups is 1. The average molecular weight is 246 g/mol. The molecule has 0 N–H and O–H groups in total. The molecule has 0 amide bonds. The Morgan fingerprint density at radius 1 is 1.38 bits per heavy atom. The topological polar surface area (TPSA) is 26.3 Å². The van der Waals surface area contributed by atoms with Crippen molar-refractivity contribution >= 4 is 17.7 Å². The molecule has 0 fully saturated rings. The van der Waals surface area contributed by atoms with Crippen LogP contribution in [0.2, 0.25) is 0 Å². The summed E-state index contributed by atoms with van der Waals surface area (Å²) in [5.41, 5.74) is 0. The molecule has 1 rings (SSSR count). The lowest BCUT2D eigenvalue weighted by molar-refractivity contribution is -0.144. The smallest absolute Gasteiger partial charge is 0.316 e. The van der Waals surface area contributed by atoms with Crippen molar-refractivity contribution < 1.29 is 18.3 Å². The van der Waals surface area contributed by atoms with E-state index >= 15 is 0 Å². The first kappa shape index (κ1) is 13.0. The lowest BCUT2D eigenvalue weighted by atomic mass is 10.3. The van der Waals surface area contributed by atoms with E-state index in [9.17, 15) is 13.6 Å². The van der Waals surface area contributed by atoms with Gasteiger partial charge in [-0.3, -0.25) is 4.79 Å². The molecule has 0 aliphatic carbocycles. The van der Waals surface area contributed by atoms with Gasteiger partial charge in [0.1, 0.15) is 0 Å². The summed E-state index contributed by atoms with van der Waals surface area (Å²) in [4.78, 5) is 11.7. The van der Waals surface area contributed by atoms with E-state index in [0.29, 0.717) is 4.90 Å². The minimum Gasteiger partial charge on any atom is -0.462 e. The highest BCUT2D eigenvalue weighted by Gasteiger charge is 2.08. The largest absolute Gasteiger partial charge is 0.462 e. The molecule has 0 atom stereocenters. The van der Waals surface area contributed by atoms with E-state index in [0.717, 1.165) is 23.9 Å². The molecule has 5 heteroatoms. The van der Waals surface area contributed by atoms with Gasteiger partial charge in [0, 0.05) is 4.90 Å². The van der Waals surface area contributed by atoms with Crippen LogP contribution in [0.1, 0.15) is 13.8 Å². The van der Waals surface area contributed by atoms with Gasteiger partial charge in [0.25, 0.3) is 0 Å². The summed E-state index contributed by atoms with van der Waals surface area (Å²) >= 11 is 1.11. The van der Waals surface area contributed by atoms with E-state index in [1.54, 1.807) is 13.8 Å². The van der Waals surface area contributed by atoms with Crippen LogP contribution in [0, 0.1) is 11.6 Å². The number of rotatable bonds is 4. The number of esters is 1. The molecule has 0 aliphatic rings. The zero-order chi connectivity index (χ0) is 12.1. The molecule has 0 spiro atoms. The molecule has 0 saturated carbocycles. The highest BCUT2D eigenvalue weighted by Crippen LogP contribution is 2.20. The molecule has 0 saturated heterocycles. The minimum atomic E-state index is -0.915. The summed E-state index contributed by atoms with van der Waals surface area (Å²) in [7, 11) is 0. The van der Waals surface area contributed by atoms with Crippen LogP contribution < -0.4 is 0 Å². The normalized spacial score (nSPS) is 10.6. The fourth-order valence-electron chi connectivity index (χ4n) is 1.01. The van der Waals surface area contributed by atoms with Crippen molar-refractivity contribution in [3.05, 3.63) is 29.8 Å². The molecule has 1 aromatic carbocycles. The second-order valence-corrected chi connectivity index (χ2v) is 4.45. The number of benzene rings is 1. The van der Waals surface area contributed by atoms with Crippen LogP contribution in [0.3, 0.4) is 0 Å². The lowest BCUT2D eigenvalue weighted by Crippen LogP contribution is -2.13. The molecule has 88 valence electrons. The predicted octanol–water partition coefficient (Wildman–Crippen LogP) is 3.01. The molecule has 0 radical (unpaired) electrons. The molecule has 16 heavy (non-hydrogen) atoms. The monoisotopic (exact) mass is 246 g/mol. The van der Waals surface area contributed by atoms with E-state index in [2.05, 4.69) is 0 Å². The Morgan fingerprint density at radius 2 is 2.06 bits per heavy atom. The van der Waals surface area contributed by atoms with Crippen LogP contribution >= 0.6 is 11.8 Å². The number of hydrogen-bond acceptors (Lipinski definition) is 3. The highest BCUT2D eigenvalue weighted by molar-refractivity contribution is 8.00. The molecular weight excluding hydrogens is 234 g/mol. The molecule has 0 bridgehead atoms. The van der Waals surface area contributed by atoms with Crippen LogP contribution in [0.5, 0.6) is 0 Å². The number of thioether (sulfide) groups is 1. The zero-order valence-electron chi connectivity index (χ0n) is 9.00. The Hall–Kier alpha value is -1.10. The van der Waals surface area contributed by atoms with Gasteiger partial charge in [0.2, 0.25) is 0 Å². The number of ether oxygens (including phenoxy) is 1. The van der Waals surface area contributed by atoms with Crippen molar-refractivity contribution in [2.24, 2.45) is 0 Å². The fraction of sp³-hybridized carbons (Fsp3) is 0.364. The lowest BCUT2D eigenvalue weighted by Gasteiger charge is -2.07. The molecule has 0 heterocycles. The first-order chi connectivity index (χ1) is 7.49. The van der Waals surface area contributed by atoms with E-state index in [4.69, 9.17) is 4.74 Å². The Balaban J connectivity index is 2.48. The average Bonchev–Trinajstić information content (AvgIpc) is 2.19. The van der Waals surface area contributed by atoms with Crippen molar-refractivity contribution in [1.29, 1.82) is 0 Å². The van der Waals surface area contributed by atoms with Gasteiger partial charge in [0.15, 0.2) is 11.6 Å². The quantitative estimate of drug-likeness (QED) is 0.603. The minimum absolute atomic E-state index is 0.0866. The Bertz CT molecular complexity index is 380. The summed E-state index contributed by atoms with van der Waals surface area (Å²) in [6.45, 7) is 3.50. The van der Waals surface area contributed by atoms with Gasteiger partial charge < -0.3 is 4.74 Å². The molecule has 0 aliphatic heterocycles. The van der Waals surface area contributed by atoms with Crippen molar-refractivity contribution in [3.63, 3.8) is 0 Å². The van der Waals surface area contributed by atoms with Crippen LogP contribution in [0.25, 0.3) is 0 Å². The van der Waals surface area contributed by atoms with Gasteiger partial charge in [-0.15, -0.1) is 11.8 Å². The number of hydrogen-bond donors (Lipinski definition) is 0. The van der Waals surface area contributed by atoms with Gasteiger partial charge in [-0.1, -0.05) is 0 Å².